The number of hydrogen-bond donors (Lipinski definition) is 1. The van der Waals surface area contributed by atoms with Crippen LogP contribution in [-0.2, 0) is 6.54 Å². The molecule has 2 aromatic carbocycles. The number of benzene rings is 2. The van der Waals surface area contributed by atoms with Gasteiger partial charge in [0.1, 0.15) is 0 Å². The Morgan fingerprint density at radius 3 is 2.83 bits per heavy atom. The summed E-state index contributed by atoms with van der Waals surface area (Å²) in [6, 6.07) is 14.5. The van der Waals surface area contributed by atoms with Gasteiger partial charge in [0.15, 0.2) is 5.76 Å². The Hall–Kier alpha value is -2.13. The average molecular weight is 238 g/mol. The van der Waals surface area contributed by atoms with Gasteiger partial charge < -0.3 is 9.73 Å². The molecule has 0 aliphatic rings. The van der Waals surface area contributed by atoms with E-state index in [2.05, 4.69) is 34.6 Å². The fourth-order valence-corrected chi connectivity index (χ4v) is 2.11. The molecular formula is C15H14N2O. The number of rotatable bonds is 3. The number of hydrogen-bond acceptors (Lipinski definition) is 3. The highest BCUT2D eigenvalue weighted by molar-refractivity contribution is 5.95. The van der Waals surface area contributed by atoms with E-state index in [1.165, 1.54) is 10.8 Å². The Morgan fingerprint density at radius 2 is 1.94 bits per heavy atom. The summed E-state index contributed by atoms with van der Waals surface area (Å²) in [4.78, 5) is 4.26. The van der Waals surface area contributed by atoms with Crippen LogP contribution in [-0.4, -0.2) is 12.0 Å². The number of nitrogens with one attached hydrogen (secondary N) is 1. The summed E-state index contributed by atoms with van der Waals surface area (Å²) in [5.74, 6) is 1.53. The molecule has 3 nitrogen and oxygen atoms in total. The zero-order chi connectivity index (χ0) is 12.4. The summed E-state index contributed by atoms with van der Waals surface area (Å²) < 4.78 is 5.74. The Kier molecular flexibility index (Phi) is 2.82. The summed E-state index contributed by atoms with van der Waals surface area (Å²) in [7, 11) is 1.88. The van der Waals surface area contributed by atoms with E-state index in [0.717, 1.165) is 11.3 Å². The SMILES string of the molecule is CNCc1ncc(-c2cccc3ccccc23)o1. The summed E-state index contributed by atoms with van der Waals surface area (Å²) in [6.07, 6.45) is 1.79. The highest BCUT2D eigenvalue weighted by Gasteiger charge is 2.08. The molecule has 3 rings (SSSR count). The minimum atomic E-state index is 0.644. The normalized spacial score (nSPS) is 10.9. The molecule has 1 N–H and O–H groups in total. The van der Waals surface area contributed by atoms with Crippen LogP contribution >= 0.6 is 0 Å². The van der Waals surface area contributed by atoms with Crippen molar-refractivity contribution < 1.29 is 4.42 Å². The van der Waals surface area contributed by atoms with Gasteiger partial charge in [-0.15, -0.1) is 0 Å². The van der Waals surface area contributed by atoms with E-state index in [1.807, 2.05) is 25.2 Å². The molecular weight excluding hydrogens is 224 g/mol. The molecule has 1 heterocycles. The first-order valence-electron chi connectivity index (χ1n) is 5.96. The highest BCUT2D eigenvalue weighted by Crippen LogP contribution is 2.28. The monoisotopic (exact) mass is 238 g/mol. The van der Waals surface area contributed by atoms with E-state index in [1.54, 1.807) is 6.20 Å². The predicted molar refractivity (Wildman–Crippen MR) is 72.2 cm³/mol. The van der Waals surface area contributed by atoms with Crippen molar-refractivity contribution in [3.8, 4) is 11.3 Å². The Bertz CT molecular complexity index is 668. The molecule has 0 aliphatic carbocycles. The fourth-order valence-electron chi connectivity index (χ4n) is 2.11. The minimum absolute atomic E-state index is 0.644. The smallest absolute Gasteiger partial charge is 0.208 e. The molecule has 0 fully saturated rings. The molecule has 0 saturated heterocycles. The van der Waals surface area contributed by atoms with Crippen molar-refractivity contribution in [2.24, 2.45) is 0 Å². The molecule has 0 bridgehead atoms. The lowest BCUT2D eigenvalue weighted by Gasteiger charge is -2.02. The first-order chi connectivity index (χ1) is 8.88. The van der Waals surface area contributed by atoms with Crippen LogP contribution in [0.5, 0.6) is 0 Å². The molecule has 0 unspecified atom stereocenters. The van der Waals surface area contributed by atoms with Gasteiger partial charge in [0.2, 0.25) is 5.89 Å². The van der Waals surface area contributed by atoms with Gasteiger partial charge in [-0.05, 0) is 17.8 Å². The standard InChI is InChI=1S/C15H14N2O/c1-16-10-15-17-9-14(18-15)13-8-4-6-11-5-2-3-7-12(11)13/h2-9,16H,10H2,1H3. The molecule has 3 aromatic rings. The number of fused-ring (bicyclic) bond motifs is 1. The number of aromatic nitrogens is 1. The summed E-state index contributed by atoms with van der Waals surface area (Å²) >= 11 is 0. The number of nitrogens with zero attached hydrogens (tertiary/aromatic N) is 1. The zero-order valence-corrected chi connectivity index (χ0v) is 10.2. The van der Waals surface area contributed by atoms with Crippen molar-refractivity contribution in [1.82, 2.24) is 10.3 Å². The fraction of sp³-hybridized carbons (Fsp3) is 0.133. The molecule has 0 spiro atoms. The largest absolute Gasteiger partial charge is 0.439 e. The lowest BCUT2D eigenvalue weighted by molar-refractivity contribution is 0.491. The second-order valence-electron chi connectivity index (χ2n) is 4.18. The maximum atomic E-state index is 5.74. The van der Waals surface area contributed by atoms with E-state index in [4.69, 9.17) is 4.42 Å². The molecule has 18 heavy (non-hydrogen) atoms. The Balaban J connectivity index is 2.12. The predicted octanol–water partition coefficient (Wildman–Crippen LogP) is 3.21. The van der Waals surface area contributed by atoms with Gasteiger partial charge in [-0.2, -0.15) is 0 Å². The maximum Gasteiger partial charge on any atom is 0.208 e. The van der Waals surface area contributed by atoms with Gasteiger partial charge in [0.05, 0.1) is 12.7 Å². The summed E-state index contributed by atoms with van der Waals surface area (Å²) in [5, 5.41) is 5.43. The third-order valence-corrected chi connectivity index (χ3v) is 2.94. The number of oxazole rings is 1. The van der Waals surface area contributed by atoms with E-state index in [-0.39, 0.29) is 0 Å². The van der Waals surface area contributed by atoms with Crippen LogP contribution in [0.25, 0.3) is 22.1 Å². The molecule has 3 heteroatoms. The van der Waals surface area contributed by atoms with Crippen LogP contribution in [0.15, 0.2) is 53.1 Å². The van der Waals surface area contributed by atoms with Crippen LogP contribution in [0.1, 0.15) is 5.89 Å². The van der Waals surface area contributed by atoms with Gasteiger partial charge >= 0.3 is 0 Å². The van der Waals surface area contributed by atoms with Crippen molar-refractivity contribution in [3.05, 3.63) is 54.6 Å². The van der Waals surface area contributed by atoms with Crippen molar-refractivity contribution in [2.45, 2.75) is 6.54 Å². The maximum absolute atomic E-state index is 5.74. The quantitative estimate of drug-likeness (QED) is 0.761. The second-order valence-corrected chi connectivity index (χ2v) is 4.18. The second kappa shape index (κ2) is 4.63. The van der Waals surface area contributed by atoms with Crippen LogP contribution in [0.2, 0.25) is 0 Å². The topological polar surface area (TPSA) is 38.1 Å². The van der Waals surface area contributed by atoms with Crippen LogP contribution < -0.4 is 5.32 Å². The first-order valence-corrected chi connectivity index (χ1v) is 5.96. The lowest BCUT2D eigenvalue weighted by Crippen LogP contribution is -2.04. The molecule has 0 aliphatic heterocycles. The van der Waals surface area contributed by atoms with E-state index in [0.29, 0.717) is 12.4 Å². The van der Waals surface area contributed by atoms with Gasteiger partial charge in [-0.25, -0.2) is 4.98 Å². The van der Waals surface area contributed by atoms with Crippen LogP contribution in [0.3, 0.4) is 0 Å². The van der Waals surface area contributed by atoms with Gasteiger partial charge in [-0.3, -0.25) is 0 Å². The zero-order valence-electron chi connectivity index (χ0n) is 10.2. The molecule has 0 radical (unpaired) electrons. The molecule has 0 amide bonds. The van der Waals surface area contributed by atoms with Crippen molar-refractivity contribution in [1.29, 1.82) is 0 Å². The van der Waals surface area contributed by atoms with Gasteiger partial charge in [0.25, 0.3) is 0 Å². The third kappa shape index (κ3) is 1.89. The first kappa shape index (κ1) is 11.0. The highest BCUT2D eigenvalue weighted by atomic mass is 16.4. The van der Waals surface area contributed by atoms with Gasteiger partial charge in [0, 0.05) is 5.56 Å². The van der Waals surface area contributed by atoms with Gasteiger partial charge in [-0.1, -0.05) is 42.5 Å². The molecule has 0 saturated carbocycles. The van der Waals surface area contributed by atoms with E-state index >= 15 is 0 Å². The van der Waals surface area contributed by atoms with Crippen molar-refractivity contribution in [3.63, 3.8) is 0 Å². The minimum Gasteiger partial charge on any atom is -0.439 e. The Labute approximate surface area is 105 Å². The van der Waals surface area contributed by atoms with Crippen LogP contribution in [0.4, 0.5) is 0 Å². The average Bonchev–Trinajstić information content (AvgIpc) is 2.87. The summed E-state index contributed by atoms with van der Waals surface area (Å²) in [6.45, 7) is 0.644. The lowest BCUT2D eigenvalue weighted by atomic mass is 10.0. The van der Waals surface area contributed by atoms with E-state index in [9.17, 15) is 0 Å². The van der Waals surface area contributed by atoms with Crippen molar-refractivity contribution >= 4 is 10.8 Å². The Morgan fingerprint density at radius 1 is 1.11 bits per heavy atom. The van der Waals surface area contributed by atoms with Crippen LogP contribution in [0, 0.1) is 0 Å². The molecule has 1 aromatic heterocycles. The van der Waals surface area contributed by atoms with Crippen molar-refractivity contribution in [2.75, 3.05) is 7.05 Å². The third-order valence-electron chi connectivity index (χ3n) is 2.94. The van der Waals surface area contributed by atoms with E-state index < -0.39 is 0 Å². The molecule has 0 atom stereocenters. The summed E-state index contributed by atoms with van der Waals surface area (Å²) in [5.41, 5.74) is 1.09. The molecule has 90 valence electrons.